The standard InChI is InChI=1S/C21H25N5O/c1-26(16-11-18-7-12-22-13-8-18)20-10-15-24-21(25-20)23-14-9-17-3-5-19(27-2)6-4-17/h3-8,10,12-13,15H,9,11,14,16H2,1-2H3,(H,23,24,25). The topological polar surface area (TPSA) is 63.2 Å². The second-order valence-corrected chi connectivity index (χ2v) is 6.29. The average molecular weight is 363 g/mol. The van der Waals surface area contributed by atoms with Crippen molar-refractivity contribution in [2.75, 3.05) is 37.5 Å². The van der Waals surface area contributed by atoms with Gasteiger partial charge in [-0.3, -0.25) is 4.98 Å². The first-order chi connectivity index (χ1) is 13.2. The van der Waals surface area contributed by atoms with E-state index in [4.69, 9.17) is 4.74 Å². The number of ether oxygens (including phenoxy) is 1. The van der Waals surface area contributed by atoms with Crippen molar-refractivity contribution in [2.45, 2.75) is 12.8 Å². The SMILES string of the molecule is COc1ccc(CCNc2nccc(N(C)CCc3ccncc3)n2)cc1. The molecule has 0 aliphatic carbocycles. The van der Waals surface area contributed by atoms with Crippen molar-refractivity contribution >= 4 is 11.8 Å². The van der Waals surface area contributed by atoms with E-state index in [0.29, 0.717) is 5.95 Å². The fraction of sp³-hybridized carbons (Fsp3) is 0.286. The molecule has 3 aromatic rings. The smallest absolute Gasteiger partial charge is 0.224 e. The number of nitrogens with one attached hydrogen (secondary N) is 1. The third-order valence-corrected chi connectivity index (χ3v) is 4.37. The molecule has 0 amide bonds. The van der Waals surface area contributed by atoms with Crippen molar-refractivity contribution in [3.63, 3.8) is 0 Å². The van der Waals surface area contributed by atoms with Crippen molar-refractivity contribution in [1.82, 2.24) is 15.0 Å². The molecule has 0 fully saturated rings. The number of benzene rings is 1. The molecule has 2 aromatic heterocycles. The lowest BCUT2D eigenvalue weighted by atomic mass is 10.1. The molecule has 0 saturated heterocycles. The van der Waals surface area contributed by atoms with E-state index in [1.807, 2.05) is 49.8 Å². The number of hydrogen-bond acceptors (Lipinski definition) is 6. The Kier molecular flexibility index (Phi) is 6.57. The number of pyridine rings is 1. The molecule has 0 aliphatic heterocycles. The number of nitrogens with zero attached hydrogens (tertiary/aromatic N) is 4. The zero-order valence-electron chi connectivity index (χ0n) is 15.8. The molecule has 140 valence electrons. The summed E-state index contributed by atoms with van der Waals surface area (Å²) in [5.41, 5.74) is 2.51. The number of aromatic nitrogens is 3. The number of anilines is 2. The van der Waals surface area contributed by atoms with Crippen molar-refractivity contribution < 1.29 is 4.74 Å². The van der Waals surface area contributed by atoms with Gasteiger partial charge in [0.1, 0.15) is 11.6 Å². The first-order valence-electron chi connectivity index (χ1n) is 9.04. The lowest BCUT2D eigenvalue weighted by molar-refractivity contribution is 0.414. The third-order valence-electron chi connectivity index (χ3n) is 4.37. The highest BCUT2D eigenvalue weighted by Crippen LogP contribution is 2.13. The quantitative estimate of drug-likeness (QED) is 0.630. The van der Waals surface area contributed by atoms with Crippen LogP contribution in [0, 0.1) is 0 Å². The summed E-state index contributed by atoms with van der Waals surface area (Å²) < 4.78 is 5.18. The van der Waals surface area contributed by atoms with Gasteiger partial charge >= 0.3 is 0 Å². The van der Waals surface area contributed by atoms with Gasteiger partial charge in [-0.05, 0) is 54.3 Å². The summed E-state index contributed by atoms with van der Waals surface area (Å²) in [5, 5.41) is 3.30. The molecular weight excluding hydrogens is 338 g/mol. The van der Waals surface area contributed by atoms with Gasteiger partial charge in [-0.15, -0.1) is 0 Å². The molecule has 0 aliphatic rings. The van der Waals surface area contributed by atoms with E-state index in [0.717, 1.165) is 37.5 Å². The zero-order chi connectivity index (χ0) is 18.9. The van der Waals surface area contributed by atoms with Crippen LogP contribution in [0.15, 0.2) is 61.1 Å². The maximum atomic E-state index is 5.18. The maximum absolute atomic E-state index is 5.18. The van der Waals surface area contributed by atoms with Crippen LogP contribution in [0.1, 0.15) is 11.1 Å². The van der Waals surface area contributed by atoms with Gasteiger partial charge in [0.05, 0.1) is 7.11 Å². The Bertz CT molecular complexity index is 823. The number of methoxy groups -OCH3 is 1. The predicted octanol–water partition coefficient (Wildman–Crippen LogP) is 3.21. The Morgan fingerprint density at radius 3 is 2.41 bits per heavy atom. The lowest BCUT2D eigenvalue weighted by Gasteiger charge is -2.18. The second-order valence-electron chi connectivity index (χ2n) is 6.29. The van der Waals surface area contributed by atoms with Crippen LogP contribution in [0.3, 0.4) is 0 Å². The highest BCUT2D eigenvalue weighted by Gasteiger charge is 2.05. The number of rotatable bonds is 9. The van der Waals surface area contributed by atoms with E-state index in [1.165, 1.54) is 11.1 Å². The van der Waals surface area contributed by atoms with E-state index < -0.39 is 0 Å². The van der Waals surface area contributed by atoms with E-state index in [-0.39, 0.29) is 0 Å². The Balaban J connectivity index is 1.50. The predicted molar refractivity (Wildman–Crippen MR) is 108 cm³/mol. The summed E-state index contributed by atoms with van der Waals surface area (Å²) in [6, 6.07) is 14.1. The Hall–Kier alpha value is -3.15. The molecule has 0 bridgehead atoms. The maximum Gasteiger partial charge on any atom is 0.224 e. The highest BCUT2D eigenvalue weighted by molar-refractivity contribution is 5.42. The first-order valence-corrected chi connectivity index (χ1v) is 9.04. The average Bonchev–Trinajstić information content (AvgIpc) is 2.73. The molecule has 27 heavy (non-hydrogen) atoms. The molecule has 0 radical (unpaired) electrons. The minimum atomic E-state index is 0.650. The first kappa shape index (κ1) is 18.6. The Morgan fingerprint density at radius 2 is 1.67 bits per heavy atom. The minimum absolute atomic E-state index is 0.650. The lowest BCUT2D eigenvalue weighted by Crippen LogP contribution is -2.22. The van der Waals surface area contributed by atoms with E-state index in [9.17, 15) is 0 Å². The molecular formula is C21H25N5O. The largest absolute Gasteiger partial charge is 0.497 e. The summed E-state index contributed by atoms with van der Waals surface area (Å²) in [6.07, 6.45) is 7.29. The van der Waals surface area contributed by atoms with Gasteiger partial charge in [0, 0.05) is 38.7 Å². The van der Waals surface area contributed by atoms with Crippen LogP contribution in [-0.2, 0) is 12.8 Å². The highest BCUT2D eigenvalue weighted by atomic mass is 16.5. The monoisotopic (exact) mass is 363 g/mol. The Labute approximate surface area is 160 Å². The normalized spacial score (nSPS) is 10.4. The van der Waals surface area contributed by atoms with Gasteiger partial charge in [-0.25, -0.2) is 4.98 Å². The van der Waals surface area contributed by atoms with E-state index in [2.05, 4.69) is 37.3 Å². The van der Waals surface area contributed by atoms with Crippen molar-refractivity contribution in [3.8, 4) is 5.75 Å². The van der Waals surface area contributed by atoms with Crippen LogP contribution < -0.4 is 15.0 Å². The molecule has 3 rings (SSSR count). The third kappa shape index (κ3) is 5.67. The summed E-state index contributed by atoms with van der Waals surface area (Å²) in [4.78, 5) is 15.1. The number of likely N-dealkylation sites (N-methyl/N-ethyl adjacent to an activating group) is 1. The molecule has 6 nitrogen and oxygen atoms in total. The van der Waals surface area contributed by atoms with Crippen molar-refractivity contribution in [1.29, 1.82) is 0 Å². The van der Waals surface area contributed by atoms with Crippen LogP contribution in [0.4, 0.5) is 11.8 Å². The Morgan fingerprint density at radius 1 is 0.926 bits per heavy atom. The minimum Gasteiger partial charge on any atom is -0.497 e. The molecule has 2 heterocycles. The molecule has 0 saturated carbocycles. The molecule has 6 heteroatoms. The van der Waals surface area contributed by atoms with Crippen LogP contribution in [0.25, 0.3) is 0 Å². The molecule has 1 N–H and O–H groups in total. The van der Waals surface area contributed by atoms with Crippen molar-refractivity contribution in [2.24, 2.45) is 0 Å². The molecule has 0 spiro atoms. The fourth-order valence-electron chi connectivity index (χ4n) is 2.72. The second kappa shape index (κ2) is 9.52. The van der Waals surface area contributed by atoms with Gasteiger partial charge in [-0.1, -0.05) is 12.1 Å². The van der Waals surface area contributed by atoms with E-state index in [1.54, 1.807) is 13.3 Å². The van der Waals surface area contributed by atoms with Gasteiger partial charge in [-0.2, -0.15) is 4.98 Å². The molecule has 0 atom stereocenters. The van der Waals surface area contributed by atoms with Gasteiger partial charge < -0.3 is 15.0 Å². The summed E-state index contributed by atoms with van der Waals surface area (Å²) in [7, 11) is 3.72. The summed E-state index contributed by atoms with van der Waals surface area (Å²) in [5.74, 6) is 2.43. The summed E-state index contributed by atoms with van der Waals surface area (Å²) in [6.45, 7) is 1.66. The molecule has 0 unspecified atom stereocenters. The summed E-state index contributed by atoms with van der Waals surface area (Å²) >= 11 is 0. The van der Waals surface area contributed by atoms with E-state index >= 15 is 0 Å². The van der Waals surface area contributed by atoms with Crippen LogP contribution in [-0.4, -0.2) is 42.2 Å². The van der Waals surface area contributed by atoms with Crippen molar-refractivity contribution in [3.05, 3.63) is 72.2 Å². The van der Waals surface area contributed by atoms with Gasteiger partial charge in [0.2, 0.25) is 5.95 Å². The zero-order valence-corrected chi connectivity index (χ0v) is 15.8. The van der Waals surface area contributed by atoms with Crippen LogP contribution >= 0.6 is 0 Å². The van der Waals surface area contributed by atoms with Gasteiger partial charge in [0.25, 0.3) is 0 Å². The number of hydrogen-bond donors (Lipinski definition) is 1. The molecule has 1 aromatic carbocycles. The van der Waals surface area contributed by atoms with Crippen LogP contribution in [0.5, 0.6) is 5.75 Å². The van der Waals surface area contributed by atoms with Gasteiger partial charge in [0.15, 0.2) is 0 Å². The fourth-order valence-corrected chi connectivity index (χ4v) is 2.72. The van der Waals surface area contributed by atoms with Crippen LogP contribution in [0.2, 0.25) is 0 Å².